The summed E-state index contributed by atoms with van der Waals surface area (Å²) in [5.41, 5.74) is 3.24. The lowest BCUT2D eigenvalue weighted by molar-refractivity contribution is -0.141. The fraction of sp³-hybridized carbons (Fsp3) is 0.417. The number of hydrogen-bond acceptors (Lipinski definition) is 3. The van der Waals surface area contributed by atoms with Crippen molar-refractivity contribution in [2.75, 3.05) is 23.3 Å². The third kappa shape index (κ3) is 4.91. The van der Waals surface area contributed by atoms with Gasteiger partial charge in [0.1, 0.15) is 11.5 Å². The van der Waals surface area contributed by atoms with Crippen LogP contribution in [-0.4, -0.2) is 29.1 Å². The van der Waals surface area contributed by atoms with Crippen molar-refractivity contribution in [1.82, 2.24) is 15.3 Å². The van der Waals surface area contributed by atoms with Crippen LogP contribution in [0.2, 0.25) is 0 Å². The number of pyridine rings is 1. The van der Waals surface area contributed by atoms with Crippen molar-refractivity contribution in [2.45, 2.75) is 46.3 Å². The first-order valence-electron chi connectivity index (χ1n) is 11.1. The Morgan fingerprint density at radius 2 is 1.91 bits per heavy atom. The summed E-state index contributed by atoms with van der Waals surface area (Å²) < 4.78 is 39.8. The molecule has 2 amide bonds. The average molecular weight is 460 g/mol. The van der Waals surface area contributed by atoms with E-state index in [1.165, 1.54) is 6.07 Å². The Hall–Kier alpha value is -3.23. The smallest absolute Gasteiger partial charge is 0.357 e. The first-order valence-corrected chi connectivity index (χ1v) is 11.1. The van der Waals surface area contributed by atoms with E-state index >= 15 is 0 Å². The molecule has 1 aliphatic heterocycles. The van der Waals surface area contributed by atoms with Crippen molar-refractivity contribution in [3.63, 3.8) is 0 Å². The molecule has 1 aliphatic rings. The molecule has 3 N–H and O–H groups in total. The highest BCUT2D eigenvalue weighted by atomic mass is 19.4. The number of aryl methyl sites for hydroxylation is 2. The number of carbonyl (C=O) groups is 1. The summed E-state index contributed by atoms with van der Waals surface area (Å²) in [7, 11) is 0. The molecular weight excluding hydrogens is 431 g/mol. The highest BCUT2D eigenvalue weighted by Crippen LogP contribution is 2.32. The number of aromatic nitrogens is 2. The van der Waals surface area contributed by atoms with Gasteiger partial charge in [0.25, 0.3) is 0 Å². The molecule has 176 valence electrons. The van der Waals surface area contributed by atoms with E-state index in [4.69, 9.17) is 0 Å². The van der Waals surface area contributed by atoms with E-state index in [1.807, 2.05) is 30.9 Å². The van der Waals surface area contributed by atoms with E-state index in [2.05, 4.69) is 27.5 Å². The monoisotopic (exact) mass is 459 g/mol. The number of H-pyrrole nitrogens is 1. The Morgan fingerprint density at radius 3 is 2.61 bits per heavy atom. The molecular formula is C24H28F3N5O. The predicted molar refractivity (Wildman–Crippen MR) is 123 cm³/mol. The summed E-state index contributed by atoms with van der Waals surface area (Å²) in [6.07, 6.45) is -2.74. The van der Waals surface area contributed by atoms with Crippen molar-refractivity contribution < 1.29 is 18.0 Å². The standard InChI is InChI=1S/C24H28F3N5O/c1-14-9-11-32(12-10-14)22-17(7-8-20(31-22)24(25,26)27)13-28-23(33)30-19-6-4-5-18-15(2)16(3)29-21(18)19/h4-8,14,29H,9-13H2,1-3H3,(H2,28,30,33). The zero-order valence-electron chi connectivity index (χ0n) is 18.9. The van der Waals surface area contributed by atoms with Gasteiger partial charge in [0.2, 0.25) is 0 Å². The lowest BCUT2D eigenvalue weighted by Gasteiger charge is -2.33. The Bertz CT molecular complexity index is 1160. The Kier molecular flexibility index (Phi) is 6.23. The molecule has 0 saturated carbocycles. The number of piperidine rings is 1. The number of fused-ring (bicyclic) bond motifs is 1. The topological polar surface area (TPSA) is 73.0 Å². The predicted octanol–water partition coefficient (Wildman–Crippen LogP) is 5.76. The summed E-state index contributed by atoms with van der Waals surface area (Å²) in [6.45, 7) is 7.47. The lowest BCUT2D eigenvalue weighted by atomic mass is 9.99. The van der Waals surface area contributed by atoms with E-state index in [-0.39, 0.29) is 12.4 Å². The fourth-order valence-corrected chi connectivity index (χ4v) is 4.20. The van der Waals surface area contributed by atoms with E-state index in [0.29, 0.717) is 30.3 Å². The number of rotatable bonds is 4. The summed E-state index contributed by atoms with van der Waals surface area (Å²) in [6, 6.07) is 7.59. The van der Waals surface area contributed by atoms with Crippen LogP contribution in [0.15, 0.2) is 30.3 Å². The minimum Gasteiger partial charge on any atom is -0.357 e. The highest BCUT2D eigenvalue weighted by Gasteiger charge is 2.34. The Morgan fingerprint density at radius 1 is 1.18 bits per heavy atom. The van der Waals surface area contributed by atoms with Gasteiger partial charge >= 0.3 is 12.2 Å². The van der Waals surface area contributed by atoms with Crippen molar-refractivity contribution in [3.8, 4) is 0 Å². The van der Waals surface area contributed by atoms with Gasteiger partial charge in [-0.15, -0.1) is 0 Å². The maximum Gasteiger partial charge on any atom is 0.433 e. The second-order valence-corrected chi connectivity index (χ2v) is 8.76. The minimum atomic E-state index is -4.52. The number of urea groups is 1. The number of alkyl halides is 3. The third-order valence-electron chi connectivity index (χ3n) is 6.36. The van der Waals surface area contributed by atoms with Gasteiger partial charge in [0, 0.05) is 36.3 Å². The van der Waals surface area contributed by atoms with E-state index in [0.717, 1.165) is 41.1 Å². The molecule has 0 bridgehead atoms. The summed E-state index contributed by atoms with van der Waals surface area (Å²) >= 11 is 0. The number of carbonyl (C=O) groups excluding carboxylic acids is 1. The number of amides is 2. The molecule has 0 radical (unpaired) electrons. The molecule has 9 heteroatoms. The highest BCUT2D eigenvalue weighted by molar-refractivity contribution is 6.01. The number of nitrogens with one attached hydrogen (secondary N) is 3. The quantitative estimate of drug-likeness (QED) is 0.465. The van der Waals surface area contributed by atoms with Crippen LogP contribution in [0.3, 0.4) is 0 Å². The van der Waals surface area contributed by atoms with Gasteiger partial charge in [0.15, 0.2) is 0 Å². The molecule has 1 fully saturated rings. The van der Waals surface area contributed by atoms with Crippen molar-refractivity contribution >= 4 is 28.4 Å². The van der Waals surface area contributed by atoms with Gasteiger partial charge < -0.3 is 20.5 Å². The number of benzene rings is 1. The molecule has 33 heavy (non-hydrogen) atoms. The Labute approximate surface area is 190 Å². The summed E-state index contributed by atoms with van der Waals surface area (Å²) in [5.74, 6) is 0.817. The van der Waals surface area contributed by atoms with Crippen LogP contribution in [0.1, 0.15) is 42.3 Å². The van der Waals surface area contributed by atoms with Gasteiger partial charge in [0.05, 0.1) is 11.2 Å². The molecule has 0 aliphatic carbocycles. The SMILES string of the molecule is Cc1[nH]c2c(NC(=O)NCc3ccc(C(F)(F)F)nc3N3CCC(C)CC3)cccc2c1C. The van der Waals surface area contributed by atoms with Gasteiger partial charge in [-0.25, -0.2) is 9.78 Å². The molecule has 0 unspecified atom stereocenters. The van der Waals surface area contributed by atoms with Crippen LogP contribution >= 0.6 is 0 Å². The molecule has 1 saturated heterocycles. The van der Waals surface area contributed by atoms with Gasteiger partial charge in [-0.1, -0.05) is 25.1 Å². The largest absolute Gasteiger partial charge is 0.433 e. The third-order valence-corrected chi connectivity index (χ3v) is 6.36. The molecule has 0 spiro atoms. The van der Waals surface area contributed by atoms with Crippen LogP contribution in [-0.2, 0) is 12.7 Å². The molecule has 0 atom stereocenters. The number of aromatic amines is 1. The number of nitrogens with zero attached hydrogens (tertiary/aromatic N) is 2. The van der Waals surface area contributed by atoms with E-state index in [1.54, 1.807) is 6.07 Å². The summed E-state index contributed by atoms with van der Waals surface area (Å²) in [5, 5.41) is 6.64. The molecule has 1 aromatic carbocycles. The molecule has 3 heterocycles. The van der Waals surface area contributed by atoms with Crippen LogP contribution in [0.5, 0.6) is 0 Å². The first-order chi connectivity index (χ1) is 15.6. The van der Waals surface area contributed by atoms with Crippen molar-refractivity contribution in [1.29, 1.82) is 0 Å². The first kappa shape index (κ1) is 22.9. The zero-order valence-corrected chi connectivity index (χ0v) is 18.9. The van der Waals surface area contributed by atoms with Crippen molar-refractivity contribution in [2.24, 2.45) is 5.92 Å². The number of anilines is 2. The number of halogens is 3. The van der Waals surface area contributed by atoms with Crippen LogP contribution < -0.4 is 15.5 Å². The maximum absolute atomic E-state index is 13.3. The molecule has 3 aromatic rings. The fourth-order valence-electron chi connectivity index (χ4n) is 4.20. The minimum absolute atomic E-state index is 0.0666. The van der Waals surface area contributed by atoms with E-state index in [9.17, 15) is 18.0 Å². The van der Waals surface area contributed by atoms with Crippen molar-refractivity contribution in [3.05, 3.63) is 52.8 Å². The van der Waals surface area contributed by atoms with Gasteiger partial charge in [-0.2, -0.15) is 13.2 Å². The molecule has 2 aromatic heterocycles. The number of para-hydroxylation sites is 1. The average Bonchev–Trinajstić information content (AvgIpc) is 3.07. The Balaban J connectivity index is 1.52. The zero-order chi connectivity index (χ0) is 23.8. The molecule has 6 nitrogen and oxygen atoms in total. The van der Waals surface area contributed by atoms with Gasteiger partial charge in [-0.3, -0.25) is 0 Å². The lowest BCUT2D eigenvalue weighted by Crippen LogP contribution is -2.35. The second kappa shape index (κ2) is 8.96. The van der Waals surface area contributed by atoms with Crippen LogP contribution in [0.4, 0.5) is 29.5 Å². The number of hydrogen-bond donors (Lipinski definition) is 3. The van der Waals surface area contributed by atoms with Crippen LogP contribution in [0.25, 0.3) is 10.9 Å². The molecule has 4 rings (SSSR count). The van der Waals surface area contributed by atoms with Crippen LogP contribution in [0, 0.1) is 19.8 Å². The normalized spacial score (nSPS) is 15.2. The van der Waals surface area contributed by atoms with E-state index < -0.39 is 17.9 Å². The van der Waals surface area contributed by atoms with Gasteiger partial charge in [-0.05, 0) is 50.3 Å². The summed E-state index contributed by atoms with van der Waals surface area (Å²) in [4.78, 5) is 21.7. The second-order valence-electron chi connectivity index (χ2n) is 8.76. The maximum atomic E-state index is 13.3.